The molecule has 0 spiro atoms. The van der Waals surface area contributed by atoms with E-state index in [1.165, 1.54) is 42.5 Å². The van der Waals surface area contributed by atoms with Crippen molar-refractivity contribution in [1.82, 2.24) is 20.4 Å². The molecule has 1 N–H and O–H groups in total. The molecule has 0 aliphatic carbocycles. The van der Waals surface area contributed by atoms with Crippen LogP contribution in [0.2, 0.25) is 0 Å². The van der Waals surface area contributed by atoms with Crippen LogP contribution in [0.5, 0.6) is 5.75 Å². The third kappa shape index (κ3) is 10.4. The number of ether oxygens (including phenoxy) is 3. The number of anilines is 1. The van der Waals surface area contributed by atoms with Crippen molar-refractivity contribution >= 4 is 33.6 Å². The maximum atomic E-state index is 15.0. The Morgan fingerprint density at radius 1 is 0.982 bits per heavy atom. The van der Waals surface area contributed by atoms with Crippen molar-refractivity contribution in [2.24, 2.45) is 0 Å². The van der Waals surface area contributed by atoms with Crippen molar-refractivity contribution in [3.05, 3.63) is 89.8 Å². The summed E-state index contributed by atoms with van der Waals surface area (Å²) < 4.78 is 105. The van der Waals surface area contributed by atoms with Crippen LogP contribution < -0.4 is 15.0 Å². The molecule has 0 saturated carbocycles. The summed E-state index contributed by atoms with van der Waals surface area (Å²) >= 11 is 0. The molecule has 1 saturated heterocycles. The molecule has 1 aromatic heterocycles. The number of hydrogen-bond acceptors (Lipinski definition) is 11. The molecule has 4 aromatic rings. The number of piperidine rings is 1. The van der Waals surface area contributed by atoms with E-state index >= 15 is 0 Å². The fourth-order valence-electron chi connectivity index (χ4n) is 6.31. The second-order valence-electron chi connectivity index (χ2n) is 14.8. The maximum Gasteiger partial charge on any atom is 0.410 e. The number of alkyl carbamates (subject to hydrolysis) is 1. The number of aromatic nitrogens is 2. The molecule has 0 bridgehead atoms. The van der Waals surface area contributed by atoms with Crippen LogP contribution in [0, 0.1) is 0 Å². The van der Waals surface area contributed by atoms with Gasteiger partial charge in [0.25, 0.3) is 11.8 Å². The van der Waals surface area contributed by atoms with Crippen molar-refractivity contribution < 1.29 is 59.0 Å². The van der Waals surface area contributed by atoms with Gasteiger partial charge in [0.15, 0.2) is 9.84 Å². The number of nitrogens with one attached hydrogen (secondary N) is 1. The quantitative estimate of drug-likeness (QED) is 0.178. The van der Waals surface area contributed by atoms with E-state index in [1.807, 2.05) is 0 Å². The minimum Gasteiger partial charge on any atom is -0.445 e. The second-order valence-corrected chi connectivity index (χ2v) is 16.8. The topological polar surface area (TPSA) is 170 Å². The molecule has 0 radical (unpaired) electrons. The minimum atomic E-state index is -4.30. The van der Waals surface area contributed by atoms with Crippen LogP contribution in [0.15, 0.2) is 82.1 Å². The van der Waals surface area contributed by atoms with E-state index in [2.05, 4.69) is 20.3 Å². The first-order chi connectivity index (χ1) is 26.6. The summed E-state index contributed by atoms with van der Waals surface area (Å²) in [4.78, 5) is 41.5. The number of carbonyl (C=O) groups excluding carboxylic acids is 3. The van der Waals surface area contributed by atoms with Crippen LogP contribution in [0.3, 0.4) is 0 Å². The van der Waals surface area contributed by atoms with Gasteiger partial charge in [-0.15, -0.1) is 10.2 Å². The number of hydrogen-bond donors (Lipinski definition) is 1. The van der Waals surface area contributed by atoms with Gasteiger partial charge in [-0.25, -0.2) is 26.8 Å². The standard InChI is InChI=1S/C38H39F4N5O9S/c1-36(2,3)56-34(49)43-28-21-57(51,52)30-15-12-25(16-29(30)47(33(28)48)18-23-10-13-27(14-11-23)55-37(4,39)40)31-44-45-32(54-31)26-17-38(41,42)22-46(19-26)35(50)53-20-24-8-6-5-7-9-24/h5-16,26,28H,17-22H2,1-4H3,(H,43,49)/t26?,28-/m0/s1. The number of carbonyl (C=O) groups is 3. The van der Waals surface area contributed by atoms with Crippen LogP contribution in [0.4, 0.5) is 32.8 Å². The van der Waals surface area contributed by atoms with Gasteiger partial charge in [0.05, 0.1) is 35.3 Å². The molecule has 2 aliphatic rings. The number of benzene rings is 3. The molecule has 1 fully saturated rings. The molecule has 3 aromatic carbocycles. The van der Waals surface area contributed by atoms with E-state index in [0.29, 0.717) is 18.1 Å². The van der Waals surface area contributed by atoms with Gasteiger partial charge in [-0.1, -0.05) is 42.5 Å². The van der Waals surface area contributed by atoms with E-state index in [4.69, 9.17) is 13.9 Å². The summed E-state index contributed by atoms with van der Waals surface area (Å²) in [5.74, 6) is -6.71. The van der Waals surface area contributed by atoms with Crippen LogP contribution in [0.1, 0.15) is 57.1 Å². The molecule has 57 heavy (non-hydrogen) atoms. The molecule has 14 nitrogen and oxygen atoms in total. The third-order valence-corrected chi connectivity index (χ3v) is 10.5. The van der Waals surface area contributed by atoms with E-state index in [1.54, 1.807) is 51.1 Å². The van der Waals surface area contributed by atoms with E-state index < -0.39 is 76.2 Å². The fraction of sp³-hybridized carbons (Fsp3) is 0.395. The van der Waals surface area contributed by atoms with Crippen molar-refractivity contribution in [3.63, 3.8) is 0 Å². The first-order valence-electron chi connectivity index (χ1n) is 17.7. The predicted molar refractivity (Wildman–Crippen MR) is 194 cm³/mol. The highest BCUT2D eigenvalue weighted by Gasteiger charge is 2.45. The Bertz CT molecular complexity index is 2230. The van der Waals surface area contributed by atoms with Crippen LogP contribution in [-0.4, -0.2) is 84.1 Å². The molecule has 2 atom stereocenters. The largest absolute Gasteiger partial charge is 0.445 e. The highest BCUT2D eigenvalue weighted by atomic mass is 32.2. The molecule has 1 unspecified atom stereocenters. The number of nitrogens with zero attached hydrogens (tertiary/aromatic N) is 4. The molecule has 6 rings (SSSR count). The number of rotatable bonds is 9. The Morgan fingerprint density at radius 2 is 1.68 bits per heavy atom. The van der Waals surface area contributed by atoms with E-state index in [-0.39, 0.29) is 53.4 Å². The summed E-state index contributed by atoms with van der Waals surface area (Å²) in [7, 11) is -4.30. The Kier molecular flexibility index (Phi) is 11.3. The van der Waals surface area contributed by atoms with Crippen molar-refractivity contribution in [1.29, 1.82) is 0 Å². The van der Waals surface area contributed by atoms with Gasteiger partial charge < -0.3 is 33.7 Å². The highest BCUT2D eigenvalue weighted by molar-refractivity contribution is 7.91. The Balaban J connectivity index is 1.30. The Morgan fingerprint density at radius 3 is 2.35 bits per heavy atom. The molecular formula is C38H39F4N5O9S. The lowest BCUT2D eigenvalue weighted by Gasteiger charge is -2.35. The monoisotopic (exact) mass is 817 g/mol. The van der Waals surface area contributed by atoms with Gasteiger partial charge in [0.1, 0.15) is 24.0 Å². The summed E-state index contributed by atoms with van der Waals surface area (Å²) in [6.07, 6.45) is -6.18. The first-order valence-corrected chi connectivity index (χ1v) is 19.3. The summed E-state index contributed by atoms with van der Waals surface area (Å²) in [6, 6.07) is 16.2. The average Bonchev–Trinajstić information content (AvgIpc) is 3.59. The number of amides is 3. The number of halogens is 4. The average molecular weight is 818 g/mol. The summed E-state index contributed by atoms with van der Waals surface area (Å²) in [6.45, 7) is 3.80. The fourth-order valence-corrected chi connectivity index (χ4v) is 7.92. The van der Waals surface area contributed by atoms with Gasteiger partial charge in [-0.3, -0.25) is 4.79 Å². The Hall–Kier alpha value is -5.72. The van der Waals surface area contributed by atoms with Crippen LogP contribution >= 0.6 is 0 Å². The lowest BCUT2D eigenvalue weighted by molar-refractivity contribution is -0.159. The van der Waals surface area contributed by atoms with Gasteiger partial charge >= 0.3 is 18.3 Å². The number of likely N-dealkylation sites (tertiary alicyclic amines) is 1. The van der Waals surface area contributed by atoms with Crippen molar-refractivity contribution in [3.8, 4) is 17.2 Å². The number of sulfone groups is 1. The lowest BCUT2D eigenvalue weighted by atomic mass is 9.95. The van der Waals surface area contributed by atoms with Gasteiger partial charge in [0.2, 0.25) is 11.8 Å². The van der Waals surface area contributed by atoms with Crippen molar-refractivity contribution in [2.75, 3.05) is 23.7 Å². The van der Waals surface area contributed by atoms with Crippen molar-refractivity contribution in [2.45, 2.75) is 81.8 Å². The molecule has 3 amide bonds. The second kappa shape index (κ2) is 15.7. The lowest BCUT2D eigenvalue weighted by Crippen LogP contribution is -2.51. The third-order valence-electron chi connectivity index (χ3n) is 8.70. The van der Waals surface area contributed by atoms with Gasteiger partial charge in [-0.2, -0.15) is 8.78 Å². The van der Waals surface area contributed by atoms with E-state index in [9.17, 15) is 40.4 Å². The zero-order chi connectivity index (χ0) is 41.3. The molecule has 304 valence electrons. The van der Waals surface area contributed by atoms with E-state index in [0.717, 1.165) is 9.80 Å². The van der Waals surface area contributed by atoms with Gasteiger partial charge in [-0.05, 0) is 62.2 Å². The molecule has 2 aliphatic heterocycles. The molecular weight excluding hydrogens is 779 g/mol. The Labute approximate surface area is 325 Å². The first kappa shape index (κ1) is 40.9. The molecule has 19 heteroatoms. The predicted octanol–water partition coefficient (Wildman–Crippen LogP) is 6.70. The molecule has 3 heterocycles. The van der Waals surface area contributed by atoms with Crippen LogP contribution in [0.25, 0.3) is 11.5 Å². The summed E-state index contributed by atoms with van der Waals surface area (Å²) in [5, 5.41) is 10.4. The number of fused-ring (bicyclic) bond motifs is 1. The zero-order valence-electron chi connectivity index (χ0n) is 31.2. The van der Waals surface area contributed by atoms with Gasteiger partial charge in [0, 0.05) is 25.5 Å². The minimum absolute atomic E-state index is 0.106. The highest BCUT2D eigenvalue weighted by Crippen LogP contribution is 2.39. The smallest absolute Gasteiger partial charge is 0.410 e. The normalized spacial score (nSPS) is 19.3. The number of alkyl halides is 4. The summed E-state index contributed by atoms with van der Waals surface area (Å²) in [5.41, 5.74) is 0.0147. The SMILES string of the molecule is CC(C)(C)OC(=O)N[C@H]1CS(=O)(=O)c2ccc(-c3nnc(C4CN(C(=O)OCc5ccccc5)CC(F)(F)C4)o3)cc2N(Cc2ccc(OC(C)(F)F)cc2)C1=O. The van der Waals surface area contributed by atoms with Crippen LogP contribution in [-0.2, 0) is 37.3 Å². The zero-order valence-corrected chi connectivity index (χ0v) is 32.0. The maximum absolute atomic E-state index is 15.0.